The van der Waals surface area contributed by atoms with Gasteiger partial charge in [0.25, 0.3) is 5.89 Å². The molecule has 2 heterocycles. The summed E-state index contributed by atoms with van der Waals surface area (Å²) < 4.78 is 10.8. The predicted octanol–water partition coefficient (Wildman–Crippen LogP) is 1.72. The van der Waals surface area contributed by atoms with Gasteiger partial charge in [-0.2, -0.15) is 4.98 Å². The zero-order valence-corrected chi connectivity index (χ0v) is 9.14. The van der Waals surface area contributed by atoms with Crippen LogP contribution in [0.2, 0.25) is 0 Å². The minimum absolute atomic E-state index is 0.0368. The smallest absolute Gasteiger partial charge is 0.255 e. The van der Waals surface area contributed by atoms with Gasteiger partial charge in [0, 0.05) is 0 Å². The lowest BCUT2D eigenvalue weighted by Crippen LogP contribution is -2.10. The molecule has 1 saturated heterocycles. The fourth-order valence-electron chi connectivity index (χ4n) is 1.70. The summed E-state index contributed by atoms with van der Waals surface area (Å²) >= 11 is 0. The fourth-order valence-corrected chi connectivity index (χ4v) is 1.70. The van der Waals surface area contributed by atoms with Crippen LogP contribution in [0.25, 0.3) is 0 Å². The van der Waals surface area contributed by atoms with Crippen LogP contribution < -0.4 is 5.73 Å². The molecule has 5 nitrogen and oxygen atoms in total. The maximum Gasteiger partial charge on any atom is 0.255 e. The molecule has 1 aliphatic rings. The van der Waals surface area contributed by atoms with Gasteiger partial charge >= 0.3 is 0 Å². The Labute approximate surface area is 89.0 Å². The molecule has 3 unspecified atom stereocenters. The third-order valence-corrected chi connectivity index (χ3v) is 2.74. The zero-order chi connectivity index (χ0) is 10.8. The van der Waals surface area contributed by atoms with E-state index in [0.717, 1.165) is 19.3 Å². The number of ether oxygens (including phenoxy) is 1. The van der Waals surface area contributed by atoms with E-state index in [1.165, 1.54) is 0 Å². The maximum absolute atomic E-state index is 5.81. The molecule has 84 valence electrons. The Morgan fingerprint density at radius 2 is 2.33 bits per heavy atom. The highest BCUT2D eigenvalue weighted by Crippen LogP contribution is 2.31. The molecule has 3 atom stereocenters. The molecule has 5 heteroatoms. The Kier molecular flexibility index (Phi) is 3.02. The summed E-state index contributed by atoms with van der Waals surface area (Å²) in [6, 6.07) is -0.138. The molecule has 2 rings (SSSR count). The Bertz CT molecular complexity index is 326. The molecule has 1 fully saturated rings. The first-order valence-corrected chi connectivity index (χ1v) is 5.45. The van der Waals surface area contributed by atoms with E-state index in [-0.39, 0.29) is 18.2 Å². The van der Waals surface area contributed by atoms with E-state index in [2.05, 4.69) is 17.1 Å². The second kappa shape index (κ2) is 4.28. The zero-order valence-electron chi connectivity index (χ0n) is 9.14. The van der Waals surface area contributed by atoms with E-state index < -0.39 is 0 Å². The lowest BCUT2D eigenvalue weighted by molar-refractivity contribution is 0.0355. The molecule has 1 aromatic rings. The van der Waals surface area contributed by atoms with Crippen molar-refractivity contribution >= 4 is 0 Å². The lowest BCUT2D eigenvalue weighted by Gasteiger charge is -2.05. The summed E-state index contributed by atoms with van der Waals surface area (Å²) in [5, 5.41) is 3.87. The summed E-state index contributed by atoms with van der Waals surface area (Å²) in [6.45, 7) is 4.05. The molecule has 0 aliphatic carbocycles. The van der Waals surface area contributed by atoms with E-state index in [9.17, 15) is 0 Å². The highest BCUT2D eigenvalue weighted by atomic mass is 16.5. The molecule has 0 saturated carbocycles. The maximum atomic E-state index is 5.81. The van der Waals surface area contributed by atoms with Gasteiger partial charge in [-0.3, -0.25) is 0 Å². The Balaban J connectivity index is 2.07. The molecular weight excluding hydrogens is 194 g/mol. The molecule has 0 bridgehead atoms. The van der Waals surface area contributed by atoms with Gasteiger partial charge in [-0.25, -0.2) is 0 Å². The Hall–Kier alpha value is -0.940. The van der Waals surface area contributed by atoms with Crippen LogP contribution in [0.4, 0.5) is 0 Å². The van der Waals surface area contributed by atoms with Gasteiger partial charge in [-0.1, -0.05) is 12.1 Å². The van der Waals surface area contributed by atoms with E-state index in [4.69, 9.17) is 15.0 Å². The van der Waals surface area contributed by atoms with Gasteiger partial charge in [-0.05, 0) is 26.2 Å². The van der Waals surface area contributed by atoms with E-state index in [0.29, 0.717) is 11.7 Å². The minimum atomic E-state index is -0.138. The number of aromatic nitrogens is 2. The van der Waals surface area contributed by atoms with E-state index in [1.54, 1.807) is 0 Å². The van der Waals surface area contributed by atoms with Crippen molar-refractivity contribution in [2.45, 2.75) is 51.4 Å². The molecule has 0 aromatic carbocycles. The summed E-state index contributed by atoms with van der Waals surface area (Å²) in [5.74, 6) is 1.15. The number of rotatable bonds is 3. The van der Waals surface area contributed by atoms with Crippen LogP contribution in [-0.2, 0) is 4.74 Å². The van der Waals surface area contributed by atoms with Crippen molar-refractivity contribution in [2.75, 3.05) is 0 Å². The van der Waals surface area contributed by atoms with Crippen LogP contribution in [0.1, 0.15) is 57.0 Å². The summed E-state index contributed by atoms with van der Waals surface area (Å²) in [7, 11) is 0. The topological polar surface area (TPSA) is 74.2 Å². The van der Waals surface area contributed by atoms with Gasteiger partial charge in [0.2, 0.25) is 0 Å². The Morgan fingerprint density at radius 1 is 1.53 bits per heavy atom. The number of nitrogens with zero attached hydrogens (tertiary/aromatic N) is 2. The largest absolute Gasteiger partial charge is 0.365 e. The van der Waals surface area contributed by atoms with Crippen molar-refractivity contribution in [1.29, 1.82) is 0 Å². The standard InChI is InChI=1S/C10H17N3O2/c1-3-7(11)9-12-10(15-13-9)8-5-4-6(2)14-8/h6-8H,3-5,11H2,1-2H3. The monoisotopic (exact) mass is 211 g/mol. The van der Waals surface area contributed by atoms with Crippen LogP contribution in [0.5, 0.6) is 0 Å². The third kappa shape index (κ3) is 2.18. The van der Waals surface area contributed by atoms with Gasteiger partial charge in [0.1, 0.15) is 6.10 Å². The Morgan fingerprint density at radius 3 is 2.93 bits per heavy atom. The highest BCUT2D eigenvalue weighted by molar-refractivity contribution is 4.96. The third-order valence-electron chi connectivity index (χ3n) is 2.74. The predicted molar refractivity (Wildman–Crippen MR) is 54.0 cm³/mol. The second-order valence-electron chi connectivity index (χ2n) is 4.02. The molecule has 0 radical (unpaired) electrons. The van der Waals surface area contributed by atoms with E-state index >= 15 is 0 Å². The van der Waals surface area contributed by atoms with Crippen molar-refractivity contribution in [2.24, 2.45) is 5.73 Å². The average molecular weight is 211 g/mol. The van der Waals surface area contributed by atoms with Gasteiger partial charge in [0.05, 0.1) is 12.1 Å². The molecular formula is C10H17N3O2. The number of hydrogen-bond acceptors (Lipinski definition) is 5. The second-order valence-corrected chi connectivity index (χ2v) is 4.02. The van der Waals surface area contributed by atoms with Crippen LogP contribution in [0.15, 0.2) is 4.52 Å². The van der Waals surface area contributed by atoms with Crippen molar-refractivity contribution in [3.05, 3.63) is 11.7 Å². The fraction of sp³-hybridized carbons (Fsp3) is 0.800. The lowest BCUT2D eigenvalue weighted by atomic mass is 10.2. The van der Waals surface area contributed by atoms with Crippen molar-refractivity contribution in [3.63, 3.8) is 0 Å². The molecule has 15 heavy (non-hydrogen) atoms. The van der Waals surface area contributed by atoms with Crippen LogP contribution >= 0.6 is 0 Å². The first-order chi connectivity index (χ1) is 7.20. The van der Waals surface area contributed by atoms with Crippen molar-refractivity contribution in [3.8, 4) is 0 Å². The van der Waals surface area contributed by atoms with Crippen molar-refractivity contribution < 1.29 is 9.26 Å². The van der Waals surface area contributed by atoms with Gasteiger partial charge in [-0.15, -0.1) is 0 Å². The van der Waals surface area contributed by atoms with E-state index in [1.807, 2.05) is 6.92 Å². The van der Waals surface area contributed by atoms with Crippen LogP contribution in [-0.4, -0.2) is 16.2 Å². The molecule has 0 spiro atoms. The van der Waals surface area contributed by atoms with Crippen LogP contribution in [0.3, 0.4) is 0 Å². The summed E-state index contributed by atoms with van der Waals surface area (Å²) in [4.78, 5) is 4.27. The highest BCUT2D eigenvalue weighted by Gasteiger charge is 2.28. The summed E-state index contributed by atoms with van der Waals surface area (Å²) in [6.07, 6.45) is 3.04. The molecule has 0 amide bonds. The molecule has 1 aromatic heterocycles. The molecule has 2 N–H and O–H groups in total. The first kappa shape index (κ1) is 10.6. The van der Waals surface area contributed by atoms with Gasteiger partial charge < -0.3 is 15.0 Å². The average Bonchev–Trinajstić information content (AvgIpc) is 2.84. The van der Waals surface area contributed by atoms with Crippen molar-refractivity contribution in [1.82, 2.24) is 10.1 Å². The quantitative estimate of drug-likeness (QED) is 0.824. The van der Waals surface area contributed by atoms with Gasteiger partial charge in [0.15, 0.2) is 5.82 Å². The molecule has 1 aliphatic heterocycles. The normalized spacial score (nSPS) is 28.2. The number of nitrogens with two attached hydrogens (primary N) is 1. The number of hydrogen-bond donors (Lipinski definition) is 1. The minimum Gasteiger partial charge on any atom is -0.365 e. The summed E-state index contributed by atoms with van der Waals surface area (Å²) in [5.41, 5.74) is 5.81. The SMILES string of the molecule is CCC(N)c1noc(C2CCC(C)O2)n1. The first-order valence-electron chi connectivity index (χ1n) is 5.45. The van der Waals surface area contributed by atoms with Crippen LogP contribution in [0, 0.1) is 0 Å².